The average molecular weight is 463 g/mol. The maximum absolute atomic E-state index is 13.3. The van der Waals surface area contributed by atoms with E-state index in [-0.39, 0.29) is 24.7 Å². The number of nitrogens with one attached hydrogen (secondary N) is 2. The number of hydrogen-bond acceptors (Lipinski definition) is 7. The molecular weight excluding hydrogens is 436 g/mol. The zero-order valence-electron chi connectivity index (χ0n) is 17.9. The third-order valence-electron chi connectivity index (χ3n) is 5.62. The molecule has 31 heavy (non-hydrogen) atoms. The van der Waals surface area contributed by atoms with Crippen LogP contribution in [0.2, 0.25) is 0 Å². The van der Waals surface area contributed by atoms with Crippen LogP contribution in [0.3, 0.4) is 0 Å². The summed E-state index contributed by atoms with van der Waals surface area (Å²) in [6.45, 7) is 6.78. The van der Waals surface area contributed by atoms with Crippen LogP contribution >= 0.6 is 23.1 Å². The lowest BCUT2D eigenvalue weighted by molar-refractivity contribution is -0.138. The highest BCUT2D eigenvalue weighted by Crippen LogP contribution is 2.36. The van der Waals surface area contributed by atoms with Gasteiger partial charge >= 0.3 is 12.0 Å². The van der Waals surface area contributed by atoms with Crippen LogP contribution in [0, 0.1) is 5.92 Å². The molecule has 0 radical (unpaired) electrons. The van der Waals surface area contributed by atoms with Crippen LogP contribution in [0.4, 0.5) is 4.79 Å². The Morgan fingerprint density at radius 1 is 1.35 bits per heavy atom. The van der Waals surface area contributed by atoms with Gasteiger partial charge in [-0.25, -0.2) is 14.6 Å². The number of carbonyl (C=O) groups excluding carboxylic acids is 2. The monoisotopic (exact) mass is 462 g/mol. The van der Waals surface area contributed by atoms with E-state index in [1.54, 1.807) is 22.8 Å². The highest BCUT2D eigenvalue weighted by Gasteiger charge is 2.26. The van der Waals surface area contributed by atoms with Crippen LogP contribution in [0.5, 0.6) is 0 Å². The molecule has 8 nitrogen and oxygen atoms in total. The molecule has 2 amide bonds. The lowest BCUT2D eigenvalue weighted by Crippen LogP contribution is -2.44. The van der Waals surface area contributed by atoms with Crippen LogP contribution in [0.15, 0.2) is 21.2 Å². The summed E-state index contributed by atoms with van der Waals surface area (Å²) in [5, 5.41) is 6.66. The number of aromatic nitrogens is 2. The Labute approximate surface area is 188 Å². The largest absolute Gasteiger partial charge is 0.463 e. The normalized spacial score (nSPS) is 18.5. The fraction of sp³-hybridized carbons (Fsp3) is 0.524. The molecule has 166 valence electrons. The van der Waals surface area contributed by atoms with Crippen molar-refractivity contribution in [2.75, 3.05) is 18.9 Å². The van der Waals surface area contributed by atoms with Crippen molar-refractivity contribution in [1.29, 1.82) is 0 Å². The summed E-state index contributed by atoms with van der Waals surface area (Å²) in [7, 11) is 0. The number of nitrogens with zero attached hydrogens (tertiary/aromatic N) is 2. The number of esters is 1. The highest BCUT2D eigenvalue weighted by atomic mass is 32.2. The van der Waals surface area contributed by atoms with Gasteiger partial charge in [0.1, 0.15) is 4.83 Å². The van der Waals surface area contributed by atoms with E-state index in [4.69, 9.17) is 9.72 Å². The topological polar surface area (TPSA) is 102 Å². The van der Waals surface area contributed by atoms with Gasteiger partial charge in [0.2, 0.25) is 0 Å². The van der Waals surface area contributed by atoms with Crippen molar-refractivity contribution >= 4 is 45.3 Å². The first-order valence-corrected chi connectivity index (χ1v) is 12.3. The molecule has 0 aromatic carbocycles. The summed E-state index contributed by atoms with van der Waals surface area (Å²) in [5.41, 5.74) is 2.05. The molecule has 0 saturated heterocycles. The average Bonchev–Trinajstić information content (AvgIpc) is 3.10. The lowest BCUT2D eigenvalue weighted by atomic mass is 9.89. The highest BCUT2D eigenvalue weighted by molar-refractivity contribution is 7.99. The van der Waals surface area contributed by atoms with Gasteiger partial charge in [0.05, 0.1) is 24.1 Å². The number of rotatable bonds is 6. The van der Waals surface area contributed by atoms with Crippen molar-refractivity contribution < 1.29 is 14.3 Å². The second kappa shape index (κ2) is 9.04. The van der Waals surface area contributed by atoms with E-state index in [9.17, 15) is 14.4 Å². The summed E-state index contributed by atoms with van der Waals surface area (Å²) < 4.78 is 6.80. The summed E-state index contributed by atoms with van der Waals surface area (Å²) in [6.07, 6.45) is 3.02. The first-order chi connectivity index (χ1) is 14.9. The minimum atomic E-state index is -0.457. The van der Waals surface area contributed by atoms with E-state index < -0.39 is 5.97 Å². The standard InChI is InChI=1S/C21H26N4O4S2/c1-4-25-18(26)16-12-7-6-11(3)8-15(12)31-17(16)24-21(25)30-10-14-13(19(27)29-5-2)9-22-20(28)23-14/h11H,4-10H2,1-3H3,(H2,22,23,28). The van der Waals surface area contributed by atoms with Gasteiger partial charge < -0.3 is 15.4 Å². The third kappa shape index (κ3) is 4.23. The number of urea groups is 1. The Morgan fingerprint density at radius 2 is 2.16 bits per heavy atom. The maximum Gasteiger partial charge on any atom is 0.337 e. The van der Waals surface area contributed by atoms with Gasteiger partial charge in [-0.1, -0.05) is 18.7 Å². The van der Waals surface area contributed by atoms with Crippen LogP contribution in [0.1, 0.15) is 37.6 Å². The van der Waals surface area contributed by atoms with Gasteiger partial charge in [-0.05, 0) is 44.6 Å². The van der Waals surface area contributed by atoms with Gasteiger partial charge in [0, 0.05) is 22.9 Å². The second-order valence-corrected chi connectivity index (χ2v) is 9.78. The van der Waals surface area contributed by atoms with Crippen molar-refractivity contribution in [1.82, 2.24) is 20.2 Å². The molecule has 2 aliphatic rings. The van der Waals surface area contributed by atoms with E-state index in [1.165, 1.54) is 22.2 Å². The fourth-order valence-corrected chi connectivity index (χ4v) is 6.47. The minimum absolute atomic E-state index is 0.00371. The van der Waals surface area contributed by atoms with E-state index in [2.05, 4.69) is 17.6 Å². The Balaban J connectivity index is 1.68. The number of fused-ring (bicyclic) bond motifs is 3. The van der Waals surface area contributed by atoms with E-state index in [1.807, 2.05) is 6.92 Å². The first kappa shape index (κ1) is 21.9. The number of ether oxygens (including phenoxy) is 1. The number of thioether (sulfide) groups is 1. The van der Waals surface area contributed by atoms with E-state index in [0.717, 1.165) is 29.5 Å². The van der Waals surface area contributed by atoms with Crippen LogP contribution in [0.25, 0.3) is 10.2 Å². The molecule has 2 aromatic heterocycles. The number of amides is 2. The quantitative estimate of drug-likeness (QED) is 0.389. The van der Waals surface area contributed by atoms with Crippen LogP contribution in [-0.4, -0.2) is 40.5 Å². The Bertz CT molecular complexity index is 1130. The van der Waals surface area contributed by atoms with Crippen molar-refractivity contribution in [3.05, 3.63) is 32.1 Å². The number of aryl methyl sites for hydroxylation is 1. The van der Waals surface area contributed by atoms with Crippen LogP contribution < -0.4 is 16.2 Å². The van der Waals surface area contributed by atoms with Gasteiger partial charge in [-0.2, -0.15) is 0 Å². The maximum atomic E-state index is 13.3. The van der Waals surface area contributed by atoms with Crippen molar-refractivity contribution in [2.45, 2.75) is 51.7 Å². The molecule has 1 unspecified atom stereocenters. The Kier molecular flexibility index (Phi) is 6.38. The summed E-state index contributed by atoms with van der Waals surface area (Å²) in [6, 6.07) is -0.361. The van der Waals surface area contributed by atoms with Gasteiger partial charge in [-0.3, -0.25) is 9.36 Å². The predicted molar refractivity (Wildman–Crippen MR) is 122 cm³/mol. The Morgan fingerprint density at radius 3 is 2.90 bits per heavy atom. The van der Waals surface area contributed by atoms with Crippen molar-refractivity contribution in [3.63, 3.8) is 0 Å². The molecule has 1 aliphatic carbocycles. The molecule has 0 saturated carbocycles. The van der Waals surface area contributed by atoms with Crippen LogP contribution in [-0.2, 0) is 28.9 Å². The molecule has 4 rings (SSSR count). The second-order valence-electron chi connectivity index (χ2n) is 7.75. The fourth-order valence-electron chi connectivity index (χ4n) is 4.00. The number of thiophene rings is 1. The zero-order valence-corrected chi connectivity index (χ0v) is 19.5. The molecule has 3 heterocycles. The molecule has 1 aliphatic heterocycles. The minimum Gasteiger partial charge on any atom is -0.463 e. The molecule has 0 bridgehead atoms. The van der Waals surface area contributed by atoms with Gasteiger partial charge in [-0.15, -0.1) is 11.3 Å². The number of carbonyl (C=O) groups is 2. The Hall–Kier alpha value is -2.33. The zero-order chi connectivity index (χ0) is 22.1. The predicted octanol–water partition coefficient (Wildman–Crippen LogP) is 2.82. The molecule has 2 aromatic rings. The first-order valence-electron chi connectivity index (χ1n) is 10.5. The SMILES string of the molecule is CCOC(=O)C1=C(CSc2nc3sc4c(c3c(=O)n2CC)CCC(C)C4)NC(=O)NC1. The number of hydrogen-bond donors (Lipinski definition) is 2. The van der Waals surface area contributed by atoms with E-state index >= 15 is 0 Å². The van der Waals surface area contributed by atoms with Gasteiger partial charge in [0.25, 0.3) is 5.56 Å². The molecule has 0 fully saturated rings. The molecule has 10 heteroatoms. The van der Waals surface area contributed by atoms with Crippen molar-refractivity contribution in [3.8, 4) is 0 Å². The van der Waals surface area contributed by atoms with Gasteiger partial charge in [0.15, 0.2) is 5.16 Å². The smallest absolute Gasteiger partial charge is 0.337 e. The van der Waals surface area contributed by atoms with Crippen molar-refractivity contribution in [2.24, 2.45) is 5.92 Å². The summed E-state index contributed by atoms with van der Waals surface area (Å²) >= 11 is 2.97. The molecule has 0 spiro atoms. The molecule has 2 N–H and O–H groups in total. The summed E-state index contributed by atoms with van der Waals surface area (Å²) in [4.78, 5) is 44.3. The van der Waals surface area contributed by atoms with E-state index in [0.29, 0.717) is 34.6 Å². The lowest BCUT2D eigenvalue weighted by Gasteiger charge is -2.21. The molecule has 1 atom stereocenters. The summed E-state index contributed by atoms with van der Waals surface area (Å²) in [5.74, 6) is 0.475. The third-order valence-corrected chi connectivity index (χ3v) is 7.77. The molecular formula is C21H26N4O4S2.